The maximum absolute atomic E-state index is 10.1. The summed E-state index contributed by atoms with van der Waals surface area (Å²) in [6.45, 7) is 25.0. The Morgan fingerprint density at radius 2 is 1.69 bits per heavy atom. The molecule has 1 aliphatic carbocycles. The smallest absolute Gasteiger partial charge is 0.142 e. The molecule has 0 fully saturated rings. The van der Waals surface area contributed by atoms with Gasteiger partial charge in [-0.1, -0.05) is 103 Å². The van der Waals surface area contributed by atoms with Crippen molar-refractivity contribution < 1.29 is 9.53 Å². The number of hydrogen-bond donors (Lipinski definition) is 0. The lowest BCUT2D eigenvalue weighted by atomic mass is 9.85. The van der Waals surface area contributed by atoms with Crippen LogP contribution in [0.2, 0.25) is 0 Å². The van der Waals surface area contributed by atoms with E-state index in [2.05, 4.69) is 78.5 Å². The molecule has 0 radical (unpaired) electrons. The predicted molar refractivity (Wildman–Crippen MR) is 157 cm³/mol. The zero-order valence-electron chi connectivity index (χ0n) is 24.5. The molecule has 0 bridgehead atoms. The molecular formula is C33H52O2. The van der Waals surface area contributed by atoms with Crippen molar-refractivity contribution in [3.05, 3.63) is 94.8 Å². The highest BCUT2D eigenvalue weighted by Crippen LogP contribution is 2.31. The van der Waals surface area contributed by atoms with Crippen molar-refractivity contribution in [2.45, 2.75) is 93.9 Å². The van der Waals surface area contributed by atoms with Crippen LogP contribution in [0.15, 0.2) is 78.1 Å². The molecule has 0 spiro atoms. The second-order valence-electron chi connectivity index (χ2n) is 8.97. The van der Waals surface area contributed by atoms with Crippen LogP contribution in [-0.4, -0.2) is 13.4 Å². The first-order chi connectivity index (χ1) is 16.7. The van der Waals surface area contributed by atoms with Gasteiger partial charge in [-0.25, -0.2) is 0 Å². The molecule has 0 saturated carbocycles. The van der Waals surface area contributed by atoms with Gasteiger partial charge in [-0.05, 0) is 66.5 Å². The number of allylic oxidation sites excluding steroid dienone is 9. The molecule has 2 nitrogen and oxygen atoms in total. The van der Waals surface area contributed by atoms with E-state index in [4.69, 9.17) is 4.74 Å². The van der Waals surface area contributed by atoms with Gasteiger partial charge in [0.2, 0.25) is 0 Å². The molecule has 196 valence electrons. The SMILES string of the molecule is C=CC1CC(OC)=CC(CC)=C1C.CC.CC.Cc1ccc(C(C)(C)C)cc1C/C=C/C=C/C=O. The summed E-state index contributed by atoms with van der Waals surface area (Å²) in [6.07, 6.45) is 15.1. The summed E-state index contributed by atoms with van der Waals surface area (Å²) in [5.74, 6) is 1.54. The van der Waals surface area contributed by atoms with Gasteiger partial charge in [0.05, 0.1) is 12.9 Å². The van der Waals surface area contributed by atoms with Crippen molar-refractivity contribution in [2.24, 2.45) is 5.92 Å². The first-order valence-corrected chi connectivity index (χ1v) is 13.1. The molecule has 0 aliphatic heterocycles. The van der Waals surface area contributed by atoms with Crippen LogP contribution < -0.4 is 0 Å². The molecular weight excluding hydrogens is 428 g/mol. The van der Waals surface area contributed by atoms with Crippen molar-refractivity contribution >= 4 is 6.29 Å². The molecule has 0 saturated heterocycles. The van der Waals surface area contributed by atoms with Gasteiger partial charge in [0.15, 0.2) is 0 Å². The van der Waals surface area contributed by atoms with Crippen LogP contribution in [0.4, 0.5) is 0 Å². The minimum Gasteiger partial charge on any atom is -0.501 e. The highest BCUT2D eigenvalue weighted by atomic mass is 16.5. The predicted octanol–water partition coefficient (Wildman–Crippen LogP) is 9.65. The van der Waals surface area contributed by atoms with Gasteiger partial charge in [-0.2, -0.15) is 0 Å². The van der Waals surface area contributed by atoms with Gasteiger partial charge in [0, 0.05) is 12.3 Å². The van der Waals surface area contributed by atoms with E-state index in [0.29, 0.717) is 5.92 Å². The first-order valence-electron chi connectivity index (χ1n) is 13.1. The number of benzene rings is 1. The fourth-order valence-electron chi connectivity index (χ4n) is 3.50. The molecule has 35 heavy (non-hydrogen) atoms. The van der Waals surface area contributed by atoms with E-state index in [1.165, 1.54) is 33.9 Å². The summed E-state index contributed by atoms with van der Waals surface area (Å²) < 4.78 is 5.28. The summed E-state index contributed by atoms with van der Waals surface area (Å²) in [5, 5.41) is 0. The zero-order chi connectivity index (χ0) is 27.4. The number of hydrogen-bond acceptors (Lipinski definition) is 2. The Bertz CT molecular complexity index is 858. The highest BCUT2D eigenvalue weighted by Gasteiger charge is 2.17. The lowest BCUT2D eigenvalue weighted by Gasteiger charge is -2.23. The third-order valence-electron chi connectivity index (χ3n) is 5.74. The molecule has 0 N–H and O–H groups in total. The quantitative estimate of drug-likeness (QED) is 0.168. The van der Waals surface area contributed by atoms with Crippen LogP contribution in [0.25, 0.3) is 0 Å². The Morgan fingerprint density at radius 3 is 2.17 bits per heavy atom. The highest BCUT2D eigenvalue weighted by molar-refractivity contribution is 5.65. The van der Waals surface area contributed by atoms with Crippen molar-refractivity contribution in [2.75, 3.05) is 7.11 Å². The lowest BCUT2D eigenvalue weighted by molar-refractivity contribution is -0.104. The standard InChI is InChI=1S/C17H22O.C12H18O.2C2H6/c1-14-10-11-16(17(2,3)4)13-15(14)9-7-5-6-8-12-18;1-5-10-7-12(13-4)8-11(6-2)9(10)3;2*1-2/h5-8,10-13H,9H2,1-4H3;5,8,10H,1,6-7H2,2-4H3;2*1-2H3/b7-5+,8-6+;;;. The monoisotopic (exact) mass is 480 g/mol. The van der Waals surface area contributed by atoms with Crippen molar-refractivity contribution in [1.82, 2.24) is 0 Å². The van der Waals surface area contributed by atoms with E-state index in [-0.39, 0.29) is 5.41 Å². The largest absolute Gasteiger partial charge is 0.501 e. The first kappa shape index (κ1) is 34.6. The number of carbonyl (C=O) groups is 1. The average molecular weight is 481 g/mol. The van der Waals surface area contributed by atoms with Crippen LogP contribution in [0.5, 0.6) is 0 Å². The summed E-state index contributed by atoms with van der Waals surface area (Å²) in [7, 11) is 1.74. The van der Waals surface area contributed by atoms with Gasteiger partial charge >= 0.3 is 0 Å². The minimum atomic E-state index is 0.184. The molecule has 1 aromatic rings. The molecule has 2 rings (SSSR count). The summed E-state index contributed by atoms with van der Waals surface area (Å²) >= 11 is 0. The van der Waals surface area contributed by atoms with Gasteiger partial charge in [-0.3, -0.25) is 4.79 Å². The molecule has 1 atom stereocenters. The second kappa shape index (κ2) is 19.7. The van der Waals surface area contributed by atoms with Crippen LogP contribution >= 0.6 is 0 Å². The topological polar surface area (TPSA) is 26.3 Å². The third-order valence-corrected chi connectivity index (χ3v) is 5.74. The summed E-state index contributed by atoms with van der Waals surface area (Å²) in [4.78, 5) is 10.1. The number of ether oxygens (including phenoxy) is 1. The Morgan fingerprint density at radius 1 is 1.06 bits per heavy atom. The average Bonchev–Trinajstić information content (AvgIpc) is 2.87. The Kier molecular flexibility index (Phi) is 19.4. The van der Waals surface area contributed by atoms with E-state index < -0.39 is 0 Å². The van der Waals surface area contributed by atoms with E-state index >= 15 is 0 Å². The van der Waals surface area contributed by atoms with Crippen LogP contribution in [-0.2, 0) is 21.4 Å². The number of methoxy groups -OCH3 is 1. The number of aldehydes is 1. The normalized spacial score (nSPS) is 15.2. The molecule has 2 heteroatoms. The van der Waals surface area contributed by atoms with Gasteiger partial charge in [-0.15, -0.1) is 6.58 Å². The van der Waals surface area contributed by atoms with Crippen LogP contribution in [0.1, 0.15) is 91.8 Å². The summed E-state index contributed by atoms with van der Waals surface area (Å²) in [6, 6.07) is 6.67. The van der Waals surface area contributed by atoms with Gasteiger partial charge in [0.25, 0.3) is 0 Å². The lowest BCUT2D eigenvalue weighted by Crippen LogP contribution is -2.11. The van der Waals surface area contributed by atoms with Gasteiger partial charge < -0.3 is 4.74 Å². The zero-order valence-corrected chi connectivity index (χ0v) is 24.5. The minimum absolute atomic E-state index is 0.184. The van der Waals surface area contributed by atoms with E-state index in [0.717, 1.165) is 31.3 Å². The van der Waals surface area contributed by atoms with Crippen molar-refractivity contribution in [1.29, 1.82) is 0 Å². The fraction of sp³-hybridized carbons (Fsp3) is 0.485. The Labute approximate surface area is 217 Å². The number of rotatable bonds is 7. The molecule has 0 amide bonds. The number of aryl methyl sites for hydroxylation is 1. The van der Waals surface area contributed by atoms with E-state index in [1.54, 1.807) is 13.2 Å². The van der Waals surface area contributed by atoms with Crippen molar-refractivity contribution in [3.8, 4) is 0 Å². The van der Waals surface area contributed by atoms with Crippen LogP contribution in [0.3, 0.4) is 0 Å². The Balaban J connectivity index is 0. The van der Waals surface area contributed by atoms with E-state index in [9.17, 15) is 4.79 Å². The van der Waals surface area contributed by atoms with Crippen molar-refractivity contribution in [3.63, 3.8) is 0 Å². The van der Waals surface area contributed by atoms with E-state index in [1.807, 2.05) is 39.8 Å². The molecule has 0 aromatic heterocycles. The molecule has 1 unspecified atom stereocenters. The third kappa shape index (κ3) is 13.2. The summed E-state index contributed by atoms with van der Waals surface area (Å²) in [5.41, 5.74) is 7.04. The van der Waals surface area contributed by atoms with Gasteiger partial charge in [0.1, 0.15) is 6.29 Å². The Hall–Kier alpha value is -2.61. The van der Waals surface area contributed by atoms with Crippen LogP contribution in [0, 0.1) is 12.8 Å². The fourth-order valence-corrected chi connectivity index (χ4v) is 3.50. The maximum atomic E-state index is 10.1. The molecule has 0 heterocycles. The maximum Gasteiger partial charge on any atom is 0.142 e. The molecule has 1 aromatic carbocycles. The molecule has 1 aliphatic rings. The second-order valence-corrected chi connectivity index (χ2v) is 8.97. The number of carbonyl (C=O) groups excluding carboxylic acids is 1.